The molecule has 0 bridgehead atoms. The van der Waals surface area contributed by atoms with Crippen molar-refractivity contribution in [3.63, 3.8) is 0 Å². The molecule has 30 heavy (non-hydrogen) atoms. The van der Waals surface area contributed by atoms with Gasteiger partial charge in [0.25, 0.3) is 5.91 Å². The van der Waals surface area contributed by atoms with E-state index < -0.39 is 0 Å². The molecule has 1 N–H and O–H groups in total. The summed E-state index contributed by atoms with van der Waals surface area (Å²) < 4.78 is 5.86. The Hall–Kier alpha value is -2.73. The number of ether oxygens (including phenoxy) is 1. The maximum absolute atomic E-state index is 13.1. The first-order valence-corrected chi connectivity index (χ1v) is 11.6. The van der Waals surface area contributed by atoms with E-state index in [1.165, 1.54) is 11.0 Å². The largest absolute Gasteiger partial charge is 0.493 e. The first-order chi connectivity index (χ1) is 14.6. The minimum atomic E-state index is -0.237. The standard InChI is InChI=1S/C24H26N2O3S/c1-30-20-9-5-17(6-10-20)7-12-23(27)25-18-8-11-22-21(16-18)24(28)26-14-3-2-4-19(26)13-15-29-22/h5-12,16,19H,2-4,13-15H2,1H3,(H,25,27)/b12-7+/t19-/m0/s1. The van der Waals surface area contributed by atoms with E-state index >= 15 is 0 Å². The quantitative estimate of drug-likeness (QED) is 0.566. The van der Waals surface area contributed by atoms with Gasteiger partial charge in [0, 0.05) is 35.7 Å². The maximum Gasteiger partial charge on any atom is 0.257 e. The van der Waals surface area contributed by atoms with Crippen molar-refractivity contribution < 1.29 is 14.3 Å². The molecular formula is C24H26N2O3S. The third kappa shape index (κ3) is 4.70. The van der Waals surface area contributed by atoms with Crippen LogP contribution < -0.4 is 10.1 Å². The average molecular weight is 423 g/mol. The number of benzene rings is 2. The number of piperidine rings is 1. The van der Waals surface area contributed by atoms with Crippen LogP contribution >= 0.6 is 11.8 Å². The third-order valence-electron chi connectivity index (χ3n) is 5.62. The summed E-state index contributed by atoms with van der Waals surface area (Å²) in [5, 5.41) is 2.86. The fraction of sp³-hybridized carbons (Fsp3) is 0.333. The molecule has 2 heterocycles. The molecule has 0 aromatic heterocycles. The number of hydrogen-bond donors (Lipinski definition) is 1. The van der Waals surface area contributed by atoms with E-state index in [1.807, 2.05) is 35.4 Å². The lowest BCUT2D eigenvalue weighted by atomic mass is 9.97. The Kier molecular flexibility index (Phi) is 6.43. The highest BCUT2D eigenvalue weighted by atomic mass is 32.2. The van der Waals surface area contributed by atoms with Gasteiger partial charge in [0.1, 0.15) is 5.75 Å². The van der Waals surface area contributed by atoms with Crippen LogP contribution in [-0.2, 0) is 4.79 Å². The number of thioether (sulfide) groups is 1. The zero-order chi connectivity index (χ0) is 20.9. The number of carbonyl (C=O) groups is 2. The van der Waals surface area contributed by atoms with Crippen LogP contribution in [0.4, 0.5) is 5.69 Å². The van der Waals surface area contributed by atoms with Crippen LogP contribution in [0, 0.1) is 0 Å². The van der Waals surface area contributed by atoms with Crippen molar-refractivity contribution >= 4 is 35.3 Å². The maximum atomic E-state index is 13.1. The molecule has 6 heteroatoms. The molecule has 1 atom stereocenters. The molecular weight excluding hydrogens is 396 g/mol. The smallest absolute Gasteiger partial charge is 0.257 e. The molecule has 4 rings (SSSR count). The Labute approximate surface area is 181 Å². The summed E-state index contributed by atoms with van der Waals surface area (Å²) in [6.07, 6.45) is 9.41. The summed E-state index contributed by atoms with van der Waals surface area (Å²) in [6, 6.07) is 13.5. The Balaban J connectivity index is 1.48. The number of carbonyl (C=O) groups excluding carboxylic acids is 2. The van der Waals surface area contributed by atoms with Crippen molar-refractivity contribution in [1.29, 1.82) is 0 Å². The summed E-state index contributed by atoms with van der Waals surface area (Å²) in [5.41, 5.74) is 2.07. The number of nitrogens with one attached hydrogen (secondary N) is 1. The van der Waals surface area contributed by atoms with Crippen molar-refractivity contribution in [2.24, 2.45) is 0 Å². The molecule has 2 aliphatic rings. The topological polar surface area (TPSA) is 58.6 Å². The molecule has 1 fully saturated rings. The highest BCUT2D eigenvalue weighted by Crippen LogP contribution is 2.31. The van der Waals surface area contributed by atoms with Gasteiger partial charge in [0.05, 0.1) is 12.2 Å². The van der Waals surface area contributed by atoms with Gasteiger partial charge in [-0.1, -0.05) is 12.1 Å². The third-order valence-corrected chi connectivity index (χ3v) is 6.36. The van der Waals surface area contributed by atoms with Gasteiger partial charge in [0.2, 0.25) is 5.91 Å². The Morgan fingerprint density at radius 3 is 2.80 bits per heavy atom. The first-order valence-electron chi connectivity index (χ1n) is 10.3. The summed E-state index contributed by atoms with van der Waals surface area (Å²) in [4.78, 5) is 28.7. The molecule has 2 aromatic carbocycles. The zero-order valence-electron chi connectivity index (χ0n) is 17.1. The fourth-order valence-corrected chi connectivity index (χ4v) is 4.41. The number of rotatable bonds is 4. The van der Waals surface area contributed by atoms with Crippen LogP contribution in [0.1, 0.15) is 41.6 Å². The molecule has 0 aliphatic carbocycles. The van der Waals surface area contributed by atoms with Crippen molar-refractivity contribution in [3.05, 3.63) is 59.7 Å². The van der Waals surface area contributed by atoms with Gasteiger partial charge in [-0.05, 0) is 67.5 Å². The van der Waals surface area contributed by atoms with Gasteiger partial charge in [0.15, 0.2) is 0 Å². The van der Waals surface area contributed by atoms with Crippen LogP contribution in [-0.4, -0.2) is 42.2 Å². The van der Waals surface area contributed by atoms with Gasteiger partial charge in [-0.2, -0.15) is 0 Å². The molecule has 0 radical (unpaired) electrons. The van der Waals surface area contributed by atoms with E-state index in [2.05, 4.69) is 5.32 Å². The lowest BCUT2D eigenvalue weighted by Gasteiger charge is -2.37. The summed E-state index contributed by atoms with van der Waals surface area (Å²) >= 11 is 1.68. The van der Waals surface area contributed by atoms with E-state index in [9.17, 15) is 9.59 Å². The number of hydrogen-bond acceptors (Lipinski definition) is 4. The van der Waals surface area contributed by atoms with Gasteiger partial charge in [-0.15, -0.1) is 11.8 Å². The number of anilines is 1. The van der Waals surface area contributed by atoms with Crippen molar-refractivity contribution in [1.82, 2.24) is 4.90 Å². The van der Waals surface area contributed by atoms with Crippen LogP contribution in [0.15, 0.2) is 53.4 Å². The minimum absolute atomic E-state index is 0.00470. The number of fused-ring (bicyclic) bond motifs is 2. The lowest BCUT2D eigenvalue weighted by Crippen LogP contribution is -2.45. The van der Waals surface area contributed by atoms with Crippen LogP contribution in [0.3, 0.4) is 0 Å². The second-order valence-electron chi connectivity index (χ2n) is 7.59. The van der Waals surface area contributed by atoms with E-state index in [-0.39, 0.29) is 17.9 Å². The Morgan fingerprint density at radius 1 is 1.17 bits per heavy atom. The lowest BCUT2D eigenvalue weighted by molar-refractivity contribution is -0.111. The molecule has 2 amide bonds. The second-order valence-corrected chi connectivity index (χ2v) is 8.47. The van der Waals surface area contributed by atoms with Crippen LogP contribution in [0.5, 0.6) is 5.75 Å². The predicted octanol–water partition coefficient (Wildman–Crippen LogP) is 4.84. The molecule has 0 saturated carbocycles. The molecule has 0 unspecified atom stereocenters. The van der Waals surface area contributed by atoms with Gasteiger partial charge in [-0.3, -0.25) is 9.59 Å². The molecule has 5 nitrogen and oxygen atoms in total. The zero-order valence-corrected chi connectivity index (χ0v) is 17.9. The average Bonchev–Trinajstić information content (AvgIpc) is 2.78. The van der Waals surface area contributed by atoms with Gasteiger partial charge in [-0.25, -0.2) is 0 Å². The van der Waals surface area contributed by atoms with Crippen LogP contribution in [0.2, 0.25) is 0 Å². The normalized spacial score (nSPS) is 18.8. The predicted molar refractivity (Wildman–Crippen MR) is 121 cm³/mol. The summed E-state index contributed by atoms with van der Waals surface area (Å²) in [5.74, 6) is 0.348. The highest BCUT2D eigenvalue weighted by Gasteiger charge is 2.31. The minimum Gasteiger partial charge on any atom is -0.493 e. The van der Waals surface area contributed by atoms with Crippen LogP contribution in [0.25, 0.3) is 6.08 Å². The van der Waals surface area contributed by atoms with E-state index in [1.54, 1.807) is 36.0 Å². The van der Waals surface area contributed by atoms with Gasteiger partial charge >= 0.3 is 0 Å². The van der Waals surface area contributed by atoms with Crippen molar-refractivity contribution in [2.75, 3.05) is 24.7 Å². The van der Waals surface area contributed by atoms with Crippen molar-refractivity contribution in [2.45, 2.75) is 36.6 Å². The molecule has 1 saturated heterocycles. The number of amides is 2. The summed E-state index contributed by atoms with van der Waals surface area (Å²) in [6.45, 7) is 1.39. The fourth-order valence-electron chi connectivity index (χ4n) is 4.00. The summed E-state index contributed by atoms with van der Waals surface area (Å²) in [7, 11) is 0. The molecule has 0 spiro atoms. The Bertz CT molecular complexity index is 955. The highest BCUT2D eigenvalue weighted by molar-refractivity contribution is 7.98. The Morgan fingerprint density at radius 2 is 2.00 bits per heavy atom. The first kappa shape index (κ1) is 20.5. The van der Waals surface area contributed by atoms with Gasteiger partial charge < -0.3 is 15.0 Å². The molecule has 2 aliphatic heterocycles. The van der Waals surface area contributed by atoms with Crippen molar-refractivity contribution in [3.8, 4) is 5.75 Å². The number of nitrogens with zero attached hydrogens (tertiary/aromatic N) is 1. The van der Waals surface area contributed by atoms with E-state index in [0.717, 1.165) is 37.8 Å². The monoisotopic (exact) mass is 422 g/mol. The SMILES string of the molecule is CSc1ccc(/C=C/C(=O)Nc2ccc3c(c2)C(=O)N2CCCC[C@H]2CCO3)cc1. The van der Waals surface area contributed by atoms with E-state index in [0.29, 0.717) is 23.6 Å². The van der Waals surface area contributed by atoms with E-state index in [4.69, 9.17) is 4.74 Å². The molecule has 156 valence electrons. The molecule has 2 aromatic rings. The second kappa shape index (κ2) is 9.39.